The minimum atomic E-state index is -0.0292. The molecule has 5 heteroatoms. The lowest BCUT2D eigenvalue weighted by Crippen LogP contribution is -2.13. The molecule has 2 N–H and O–H groups in total. The van der Waals surface area contributed by atoms with Crippen molar-refractivity contribution in [3.8, 4) is 22.4 Å². The Labute approximate surface area is 121 Å². The zero-order valence-corrected chi connectivity index (χ0v) is 11.5. The van der Waals surface area contributed by atoms with Gasteiger partial charge in [0.25, 0.3) is 0 Å². The molecule has 3 rings (SSSR count). The molecule has 0 bridgehead atoms. The number of hydrogen-bond donors (Lipinski definition) is 1. The summed E-state index contributed by atoms with van der Waals surface area (Å²) in [4.78, 5) is 19.6. The number of pyridine rings is 1. The van der Waals surface area contributed by atoms with E-state index in [2.05, 4.69) is 9.97 Å². The number of anilines is 1. The molecule has 0 saturated heterocycles. The maximum absolute atomic E-state index is 11.5. The average molecular weight is 278 g/mol. The normalized spacial score (nSPS) is 10.5. The van der Waals surface area contributed by atoms with Gasteiger partial charge < -0.3 is 10.3 Å². The van der Waals surface area contributed by atoms with Crippen LogP contribution in [0.1, 0.15) is 0 Å². The fraction of sp³-hybridized carbons (Fsp3) is 0.0625. The predicted molar refractivity (Wildman–Crippen MR) is 82.6 cm³/mol. The SMILES string of the molecule is Cn1cc(-c2cccc(-c3cc(N)ncn3)c2)ccc1=O. The van der Waals surface area contributed by atoms with Crippen molar-refractivity contribution in [1.82, 2.24) is 14.5 Å². The summed E-state index contributed by atoms with van der Waals surface area (Å²) >= 11 is 0. The molecule has 0 atom stereocenters. The topological polar surface area (TPSA) is 73.8 Å². The molecular formula is C16H14N4O. The van der Waals surface area contributed by atoms with E-state index in [1.54, 1.807) is 23.7 Å². The Balaban J connectivity index is 2.07. The van der Waals surface area contributed by atoms with E-state index in [1.807, 2.05) is 36.5 Å². The summed E-state index contributed by atoms with van der Waals surface area (Å²) in [6.45, 7) is 0. The van der Waals surface area contributed by atoms with Crippen molar-refractivity contribution >= 4 is 5.82 Å². The summed E-state index contributed by atoms with van der Waals surface area (Å²) in [5, 5.41) is 0. The zero-order chi connectivity index (χ0) is 14.8. The van der Waals surface area contributed by atoms with Crippen molar-refractivity contribution in [2.24, 2.45) is 7.05 Å². The number of hydrogen-bond acceptors (Lipinski definition) is 4. The van der Waals surface area contributed by atoms with Gasteiger partial charge in [-0.1, -0.05) is 18.2 Å². The van der Waals surface area contributed by atoms with E-state index >= 15 is 0 Å². The molecule has 0 saturated carbocycles. The van der Waals surface area contributed by atoms with Gasteiger partial charge in [-0.25, -0.2) is 9.97 Å². The third-order valence-electron chi connectivity index (χ3n) is 3.27. The monoisotopic (exact) mass is 278 g/mol. The van der Waals surface area contributed by atoms with E-state index in [-0.39, 0.29) is 5.56 Å². The molecule has 0 aliphatic rings. The summed E-state index contributed by atoms with van der Waals surface area (Å²) in [6, 6.07) is 13.0. The Morgan fingerprint density at radius 1 is 1.00 bits per heavy atom. The van der Waals surface area contributed by atoms with E-state index in [4.69, 9.17) is 5.73 Å². The highest BCUT2D eigenvalue weighted by Crippen LogP contribution is 2.24. The molecule has 0 unspecified atom stereocenters. The first-order valence-corrected chi connectivity index (χ1v) is 6.48. The van der Waals surface area contributed by atoms with Crippen molar-refractivity contribution in [1.29, 1.82) is 0 Å². The van der Waals surface area contributed by atoms with Crippen LogP contribution >= 0.6 is 0 Å². The summed E-state index contributed by atoms with van der Waals surface area (Å²) in [5.41, 5.74) is 9.38. The number of aryl methyl sites for hydroxylation is 1. The first-order chi connectivity index (χ1) is 10.1. The highest BCUT2D eigenvalue weighted by molar-refractivity contribution is 5.71. The fourth-order valence-electron chi connectivity index (χ4n) is 2.15. The Hall–Kier alpha value is -2.95. The second-order valence-corrected chi connectivity index (χ2v) is 4.78. The molecule has 2 aromatic heterocycles. The van der Waals surface area contributed by atoms with Crippen molar-refractivity contribution in [2.45, 2.75) is 0 Å². The van der Waals surface area contributed by atoms with Gasteiger partial charge in [-0.3, -0.25) is 4.79 Å². The zero-order valence-electron chi connectivity index (χ0n) is 11.5. The largest absolute Gasteiger partial charge is 0.384 e. The van der Waals surface area contributed by atoms with Gasteiger partial charge in [0.2, 0.25) is 5.56 Å². The standard InChI is InChI=1S/C16H14N4O/c1-20-9-13(5-6-16(20)21)11-3-2-4-12(7-11)14-8-15(17)19-10-18-14/h2-10H,1H3,(H2,17,18,19). The molecule has 0 aliphatic carbocycles. The van der Waals surface area contributed by atoms with Crippen LogP contribution < -0.4 is 11.3 Å². The Kier molecular flexibility index (Phi) is 3.23. The molecule has 3 aromatic rings. The lowest BCUT2D eigenvalue weighted by molar-refractivity contribution is 0.862. The fourth-order valence-corrected chi connectivity index (χ4v) is 2.15. The number of benzene rings is 1. The van der Waals surface area contributed by atoms with Crippen molar-refractivity contribution < 1.29 is 0 Å². The van der Waals surface area contributed by atoms with Crippen LogP contribution in [0, 0.1) is 0 Å². The van der Waals surface area contributed by atoms with Crippen LogP contribution in [0.3, 0.4) is 0 Å². The quantitative estimate of drug-likeness (QED) is 0.779. The number of nitrogens with two attached hydrogens (primary N) is 1. The highest BCUT2D eigenvalue weighted by atomic mass is 16.1. The molecule has 0 fully saturated rings. The highest BCUT2D eigenvalue weighted by Gasteiger charge is 2.04. The van der Waals surface area contributed by atoms with E-state index < -0.39 is 0 Å². The minimum absolute atomic E-state index is 0.0292. The van der Waals surface area contributed by atoms with E-state index in [0.29, 0.717) is 5.82 Å². The smallest absolute Gasteiger partial charge is 0.250 e. The van der Waals surface area contributed by atoms with Crippen LogP contribution in [0.2, 0.25) is 0 Å². The maximum Gasteiger partial charge on any atom is 0.250 e. The lowest BCUT2D eigenvalue weighted by Gasteiger charge is -2.07. The molecule has 2 heterocycles. The number of rotatable bonds is 2. The van der Waals surface area contributed by atoms with Gasteiger partial charge in [-0.05, 0) is 23.3 Å². The Morgan fingerprint density at radius 2 is 1.81 bits per heavy atom. The van der Waals surface area contributed by atoms with E-state index in [1.165, 1.54) is 6.33 Å². The van der Waals surface area contributed by atoms with Gasteiger partial charge in [0.15, 0.2) is 0 Å². The van der Waals surface area contributed by atoms with Crippen molar-refractivity contribution in [2.75, 3.05) is 5.73 Å². The number of nitrogens with zero attached hydrogens (tertiary/aromatic N) is 3. The number of aromatic nitrogens is 3. The third kappa shape index (κ3) is 2.67. The molecule has 0 spiro atoms. The molecule has 104 valence electrons. The van der Waals surface area contributed by atoms with Gasteiger partial charge in [-0.15, -0.1) is 0 Å². The van der Waals surface area contributed by atoms with E-state index in [9.17, 15) is 4.79 Å². The Morgan fingerprint density at radius 3 is 2.57 bits per heavy atom. The van der Waals surface area contributed by atoms with Crippen LogP contribution in [0.4, 0.5) is 5.82 Å². The summed E-state index contributed by atoms with van der Waals surface area (Å²) in [6.07, 6.45) is 3.26. The summed E-state index contributed by atoms with van der Waals surface area (Å²) < 4.78 is 1.56. The van der Waals surface area contributed by atoms with Crippen LogP contribution in [-0.2, 0) is 7.05 Å². The molecular weight excluding hydrogens is 264 g/mol. The van der Waals surface area contributed by atoms with Crippen LogP contribution in [0.15, 0.2) is 59.8 Å². The molecule has 5 nitrogen and oxygen atoms in total. The number of nitrogen functional groups attached to an aromatic ring is 1. The second kappa shape index (κ2) is 5.20. The average Bonchev–Trinajstić information content (AvgIpc) is 2.50. The summed E-state index contributed by atoms with van der Waals surface area (Å²) in [7, 11) is 1.74. The minimum Gasteiger partial charge on any atom is -0.384 e. The van der Waals surface area contributed by atoms with Crippen molar-refractivity contribution in [3.05, 3.63) is 65.3 Å². The first-order valence-electron chi connectivity index (χ1n) is 6.48. The van der Waals surface area contributed by atoms with Crippen LogP contribution in [0.5, 0.6) is 0 Å². The molecule has 1 aromatic carbocycles. The second-order valence-electron chi connectivity index (χ2n) is 4.78. The molecule has 0 radical (unpaired) electrons. The lowest BCUT2D eigenvalue weighted by atomic mass is 10.0. The van der Waals surface area contributed by atoms with Gasteiger partial charge >= 0.3 is 0 Å². The molecule has 21 heavy (non-hydrogen) atoms. The summed E-state index contributed by atoms with van der Waals surface area (Å²) in [5.74, 6) is 0.438. The van der Waals surface area contributed by atoms with Gasteiger partial charge in [0.1, 0.15) is 12.1 Å². The van der Waals surface area contributed by atoms with Gasteiger partial charge in [-0.2, -0.15) is 0 Å². The maximum atomic E-state index is 11.5. The van der Waals surface area contributed by atoms with E-state index in [0.717, 1.165) is 22.4 Å². The Bertz CT molecular complexity index is 855. The van der Waals surface area contributed by atoms with Gasteiger partial charge in [0.05, 0.1) is 5.69 Å². The molecule has 0 aliphatic heterocycles. The van der Waals surface area contributed by atoms with Gasteiger partial charge in [0, 0.05) is 30.9 Å². The predicted octanol–water partition coefficient (Wildman–Crippen LogP) is 2.09. The van der Waals surface area contributed by atoms with Crippen LogP contribution in [0.25, 0.3) is 22.4 Å². The molecule has 0 amide bonds. The van der Waals surface area contributed by atoms with Crippen LogP contribution in [-0.4, -0.2) is 14.5 Å². The third-order valence-corrected chi connectivity index (χ3v) is 3.27. The van der Waals surface area contributed by atoms with Crippen molar-refractivity contribution in [3.63, 3.8) is 0 Å². The first kappa shape index (κ1) is 13.1.